The highest BCUT2D eigenvalue weighted by Crippen LogP contribution is 2.37. The van der Waals surface area contributed by atoms with Crippen LogP contribution in [0.3, 0.4) is 0 Å². The fourth-order valence-electron chi connectivity index (χ4n) is 3.29. The van der Waals surface area contributed by atoms with Gasteiger partial charge >= 0.3 is 0 Å². The second-order valence-electron chi connectivity index (χ2n) is 6.34. The van der Waals surface area contributed by atoms with Crippen molar-refractivity contribution in [2.75, 3.05) is 12.1 Å². The van der Waals surface area contributed by atoms with Crippen LogP contribution in [-0.2, 0) is 0 Å². The Balaban J connectivity index is 1.75. The Morgan fingerprint density at radius 3 is 2.37 bits per heavy atom. The van der Waals surface area contributed by atoms with Gasteiger partial charge < -0.3 is 4.74 Å². The number of nitrogens with zero attached hydrogens (tertiary/aromatic N) is 2. The topological polar surface area (TPSA) is 24.8 Å². The zero-order chi connectivity index (χ0) is 18.8. The van der Waals surface area contributed by atoms with E-state index < -0.39 is 0 Å². The van der Waals surface area contributed by atoms with Crippen molar-refractivity contribution in [1.82, 2.24) is 0 Å². The number of anilines is 1. The van der Waals surface area contributed by atoms with E-state index in [1.54, 1.807) is 19.2 Å². The van der Waals surface area contributed by atoms with E-state index in [0.29, 0.717) is 17.0 Å². The van der Waals surface area contributed by atoms with Gasteiger partial charge in [-0.3, -0.25) is 5.01 Å². The van der Waals surface area contributed by atoms with Crippen LogP contribution in [0.15, 0.2) is 77.9 Å². The van der Waals surface area contributed by atoms with Gasteiger partial charge in [0.05, 0.1) is 24.6 Å². The lowest BCUT2D eigenvalue weighted by molar-refractivity contribution is 0.414. The van der Waals surface area contributed by atoms with Gasteiger partial charge in [-0.15, -0.1) is 0 Å². The molecular formula is C22H18ClFN2O. The standard InChI is InChI=1S/C22H18ClFN2O/c1-27-18-12-6-15(7-13-18)22-14-21(19-4-2-3-5-20(19)24)25-26(22)17-10-8-16(23)9-11-17/h2-13,22H,14H2,1H3. The van der Waals surface area contributed by atoms with Crippen molar-refractivity contribution in [2.45, 2.75) is 12.5 Å². The molecule has 4 rings (SSSR count). The third-order valence-corrected chi connectivity index (χ3v) is 4.94. The van der Waals surface area contributed by atoms with Gasteiger partial charge in [-0.1, -0.05) is 41.9 Å². The summed E-state index contributed by atoms with van der Waals surface area (Å²) in [5, 5.41) is 7.35. The van der Waals surface area contributed by atoms with Crippen LogP contribution in [0.1, 0.15) is 23.6 Å². The van der Waals surface area contributed by atoms with Crippen LogP contribution < -0.4 is 9.75 Å². The van der Waals surface area contributed by atoms with Crippen LogP contribution in [0, 0.1) is 5.82 Å². The van der Waals surface area contributed by atoms with Gasteiger partial charge in [-0.25, -0.2) is 4.39 Å². The molecule has 0 saturated carbocycles. The summed E-state index contributed by atoms with van der Waals surface area (Å²) in [5.74, 6) is 0.535. The Kier molecular flexibility index (Phi) is 4.82. The van der Waals surface area contributed by atoms with Crippen LogP contribution >= 0.6 is 11.6 Å². The molecule has 0 spiro atoms. The molecule has 1 aliphatic rings. The maximum absolute atomic E-state index is 14.3. The minimum atomic E-state index is -0.261. The molecule has 0 fully saturated rings. The second kappa shape index (κ2) is 7.41. The molecule has 5 heteroatoms. The van der Waals surface area contributed by atoms with E-state index in [9.17, 15) is 4.39 Å². The SMILES string of the molecule is COc1ccc(C2CC(c3ccccc3F)=NN2c2ccc(Cl)cc2)cc1. The summed E-state index contributed by atoms with van der Waals surface area (Å²) in [4.78, 5) is 0. The maximum atomic E-state index is 14.3. The smallest absolute Gasteiger partial charge is 0.132 e. The van der Waals surface area contributed by atoms with E-state index in [0.717, 1.165) is 22.7 Å². The number of hydrogen-bond donors (Lipinski definition) is 0. The van der Waals surface area contributed by atoms with Gasteiger partial charge in [-0.05, 0) is 48.0 Å². The predicted molar refractivity (Wildman–Crippen MR) is 107 cm³/mol. The zero-order valence-electron chi connectivity index (χ0n) is 14.8. The molecule has 0 amide bonds. The van der Waals surface area contributed by atoms with Crippen molar-refractivity contribution < 1.29 is 9.13 Å². The molecule has 0 N–H and O–H groups in total. The highest BCUT2D eigenvalue weighted by atomic mass is 35.5. The Labute approximate surface area is 162 Å². The van der Waals surface area contributed by atoms with Crippen LogP contribution in [0.5, 0.6) is 5.75 Å². The average molecular weight is 381 g/mol. The molecule has 3 aromatic carbocycles. The average Bonchev–Trinajstić information content (AvgIpc) is 3.14. The number of methoxy groups -OCH3 is 1. The van der Waals surface area contributed by atoms with Gasteiger partial charge in [0.25, 0.3) is 0 Å². The lowest BCUT2D eigenvalue weighted by atomic mass is 9.98. The molecule has 1 heterocycles. The third kappa shape index (κ3) is 3.53. The first-order chi connectivity index (χ1) is 13.2. The Morgan fingerprint density at radius 1 is 1.00 bits per heavy atom. The molecule has 0 aliphatic carbocycles. The van der Waals surface area contributed by atoms with E-state index in [-0.39, 0.29) is 11.9 Å². The number of ether oxygens (including phenoxy) is 1. The lowest BCUT2D eigenvalue weighted by Crippen LogP contribution is -2.18. The molecule has 0 radical (unpaired) electrons. The van der Waals surface area contributed by atoms with E-state index in [1.165, 1.54) is 6.07 Å². The monoisotopic (exact) mass is 380 g/mol. The number of benzene rings is 3. The van der Waals surface area contributed by atoms with Crippen LogP contribution in [0.4, 0.5) is 10.1 Å². The number of hydrogen-bond acceptors (Lipinski definition) is 3. The molecule has 0 bridgehead atoms. The summed E-state index contributed by atoms with van der Waals surface area (Å²) in [5.41, 5.74) is 3.25. The second-order valence-corrected chi connectivity index (χ2v) is 6.78. The van der Waals surface area contributed by atoms with Crippen molar-refractivity contribution in [1.29, 1.82) is 0 Å². The van der Waals surface area contributed by atoms with E-state index in [1.807, 2.05) is 59.6 Å². The molecule has 3 aromatic rings. The molecular weight excluding hydrogens is 363 g/mol. The van der Waals surface area contributed by atoms with Gasteiger partial charge in [0, 0.05) is 17.0 Å². The minimum absolute atomic E-state index is 0.0355. The van der Waals surface area contributed by atoms with Crippen molar-refractivity contribution >= 4 is 23.0 Å². The molecule has 0 saturated heterocycles. The summed E-state index contributed by atoms with van der Waals surface area (Å²) in [6, 6.07) is 22.1. The number of rotatable bonds is 4. The van der Waals surface area contributed by atoms with Gasteiger partial charge in [0.15, 0.2) is 0 Å². The van der Waals surface area contributed by atoms with Crippen LogP contribution in [0.2, 0.25) is 5.02 Å². The fourth-order valence-corrected chi connectivity index (χ4v) is 3.41. The zero-order valence-corrected chi connectivity index (χ0v) is 15.5. The number of hydrazone groups is 1. The number of halogens is 2. The Hall–Kier alpha value is -2.85. The van der Waals surface area contributed by atoms with E-state index in [2.05, 4.69) is 0 Å². The maximum Gasteiger partial charge on any atom is 0.132 e. The van der Waals surface area contributed by atoms with E-state index >= 15 is 0 Å². The van der Waals surface area contributed by atoms with Gasteiger partial charge in [-0.2, -0.15) is 5.10 Å². The largest absolute Gasteiger partial charge is 0.497 e. The first kappa shape index (κ1) is 17.6. The summed E-state index contributed by atoms with van der Waals surface area (Å²) in [6.45, 7) is 0. The summed E-state index contributed by atoms with van der Waals surface area (Å²) in [6.07, 6.45) is 0.607. The lowest BCUT2D eigenvalue weighted by Gasteiger charge is -2.24. The summed E-state index contributed by atoms with van der Waals surface area (Å²) < 4.78 is 19.6. The third-order valence-electron chi connectivity index (χ3n) is 4.69. The molecule has 0 aromatic heterocycles. The van der Waals surface area contributed by atoms with Gasteiger partial charge in [0.2, 0.25) is 0 Å². The Morgan fingerprint density at radius 2 is 1.70 bits per heavy atom. The van der Waals surface area contributed by atoms with Crippen molar-refractivity contribution in [3.05, 3.63) is 94.8 Å². The predicted octanol–water partition coefficient (Wildman–Crippen LogP) is 5.84. The van der Waals surface area contributed by atoms with Crippen molar-refractivity contribution in [3.8, 4) is 5.75 Å². The van der Waals surface area contributed by atoms with Crippen LogP contribution in [-0.4, -0.2) is 12.8 Å². The highest BCUT2D eigenvalue weighted by Gasteiger charge is 2.30. The summed E-state index contributed by atoms with van der Waals surface area (Å²) in [7, 11) is 1.64. The summed E-state index contributed by atoms with van der Waals surface area (Å²) >= 11 is 6.03. The normalized spacial score (nSPS) is 16.3. The first-order valence-corrected chi connectivity index (χ1v) is 9.04. The molecule has 1 atom stereocenters. The highest BCUT2D eigenvalue weighted by molar-refractivity contribution is 6.30. The molecule has 27 heavy (non-hydrogen) atoms. The minimum Gasteiger partial charge on any atom is -0.497 e. The molecule has 1 unspecified atom stereocenters. The molecule has 1 aliphatic heterocycles. The van der Waals surface area contributed by atoms with E-state index in [4.69, 9.17) is 21.4 Å². The first-order valence-electron chi connectivity index (χ1n) is 8.67. The van der Waals surface area contributed by atoms with Gasteiger partial charge in [0.1, 0.15) is 11.6 Å². The van der Waals surface area contributed by atoms with Crippen molar-refractivity contribution in [3.63, 3.8) is 0 Å². The quantitative estimate of drug-likeness (QED) is 0.567. The van der Waals surface area contributed by atoms with Crippen molar-refractivity contribution in [2.24, 2.45) is 5.10 Å². The fraction of sp³-hybridized carbons (Fsp3) is 0.136. The van der Waals surface area contributed by atoms with Crippen LogP contribution in [0.25, 0.3) is 0 Å². The Bertz CT molecular complexity index is 970. The molecule has 3 nitrogen and oxygen atoms in total. The molecule has 136 valence electrons.